The van der Waals surface area contributed by atoms with Gasteiger partial charge in [-0.25, -0.2) is 4.98 Å². The summed E-state index contributed by atoms with van der Waals surface area (Å²) in [5.74, 6) is 0.867. The van der Waals surface area contributed by atoms with E-state index < -0.39 is 4.92 Å². The topological polar surface area (TPSA) is 101 Å². The van der Waals surface area contributed by atoms with Crippen LogP contribution >= 0.6 is 0 Å². The third-order valence-electron chi connectivity index (χ3n) is 2.95. The molecule has 104 valence electrons. The second-order valence-electron chi connectivity index (χ2n) is 4.17. The predicted molar refractivity (Wildman–Crippen MR) is 69.5 cm³/mol. The van der Waals surface area contributed by atoms with Crippen molar-refractivity contribution in [2.75, 3.05) is 43.6 Å². The summed E-state index contributed by atoms with van der Waals surface area (Å²) in [7, 11) is 1.70. The van der Waals surface area contributed by atoms with E-state index in [-0.39, 0.29) is 18.4 Å². The van der Waals surface area contributed by atoms with Crippen LogP contribution < -0.4 is 10.2 Å². The maximum absolute atomic E-state index is 11.1. The van der Waals surface area contributed by atoms with E-state index >= 15 is 0 Å². The fourth-order valence-corrected chi connectivity index (χ4v) is 1.98. The molecule has 2 heterocycles. The van der Waals surface area contributed by atoms with Crippen LogP contribution in [0.25, 0.3) is 0 Å². The van der Waals surface area contributed by atoms with Crippen LogP contribution in [-0.4, -0.2) is 54.5 Å². The number of ether oxygens (including phenoxy) is 1. The Labute approximate surface area is 110 Å². The van der Waals surface area contributed by atoms with Crippen molar-refractivity contribution < 1.29 is 14.8 Å². The Bertz CT molecular complexity index is 468. The van der Waals surface area contributed by atoms with Gasteiger partial charge in [-0.3, -0.25) is 10.1 Å². The maximum atomic E-state index is 11.1. The zero-order valence-electron chi connectivity index (χ0n) is 10.6. The molecule has 1 atom stereocenters. The number of hydrogen-bond acceptors (Lipinski definition) is 7. The summed E-state index contributed by atoms with van der Waals surface area (Å²) < 4.78 is 5.33. The lowest BCUT2D eigenvalue weighted by Crippen LogP contribution is -2.44. The lowest BCUT2D eigenvalue weighted by Gasteiger charge is -2.32. The van der Waals surface area contributed by atoms with Crippen molar-refractivity contribution in [3.8, 4) is 0 Å². The molecule has 1 aliphatic heterocycles. The first-order valence-electron chi connectivity index (χ1n) is 5.96. The zero-order chi connectivity index (χ0) is 13.8. The minimum Gasteiger partial charge on any atom is -0.394 e. The van der Waals surface area contributed by atoms with Crippen molar-refractivity contribution in [1.29, 1.82) is 0 Å². The molecule has 1 unspecified atom stereocenters. The molecule has 19 heavy (non-hydrogen) atoms. The molecule has 1 aromatic heterocycles. The highest BCUT2D eigenvalue weighted by molar-refractivity contribution is 5.62. The molecule has 1 aromatic rings. The van der Waals surface area contributed by atoms with Gasteiger partial charge in [0.1, 0.15) is 5.82 Å². The van der Waals surface area contributed by atoms with E-state index in [1.54, 1.807) is 18.0 Å². The molecule has 0 radical (unpaired) electrons. The first-order chi connectivity index (χ1) is 9.15. The Morgan fingerprint density at radius 2 is 2.47 bits per heavy atom. The fourth-order valence-electron chi connectivity index (χ4n) is 1.98. The summed E-state index contributed by atoms with van der Waals surface area (Å²) in [4.78, 5) is 16.6. The van der Waals surface area contributed by atoms with E-state index in [9.17, 15) is 10.1 Å². The number of aliphatic hydroxyl groups excluding tert-OH is 1. The van der Waals surface area contributed by atoms with E-state index in [1.165, 1.54) is 6.07 Å². The Balaban J connectivity index is 2.32. The molecule has 1 fully saturated rings. The lowest BCUT2D eigenvalue weighted by atomic mass is 10.2. The number of anilines is 2. The van der Waals surface area contributed by atoms with Gasteiger partial charge in [0.2, 0.25) is 5.82 Å². The second-order valence-corrected chi connectivity index (χ2v) is 4.17. The van der Waals surface area contributed by atoms with Crippen molar-refractivity contribution in [3.63, 3.8) is 0 Å². The molecule has 0 saturated carbocycles. The van der Waals surface area contributed by atoms with Gasteiger partial charge in [0.05, 0.1) is 24.2 Å². The van der Waals surface area contributed by atoms with Crippen molar-refractivity contribution >= 4 is 17.3 Å². The van der Waals surface area contributed by atoms with Crippen LogP contribution in [-0.2, 0) is 4.74 Å². The Morgan fingerprint density at radius 1 is 1.68 bits per heavy atom. The molecule has 2 N–H and O–H groups in total. The molecule has 0 bridgehead atoms. The summed E-state index contributed by atoms with van der Waals surface area (Å²) in [6, 6.07) is 2.99. The highest BCUT2D eigenvalue weighted by atomic mass is 16.6. The number of aliphatic hydroxyl groups is 1. The number of hydrogen-bond donors (Lipinski definition) is 2. The Kier molecular flexibility index (Phi) is 4.13. The third-order valence-corrected chi connectivity index (χ3v) is 2.95. The molecular weight excluding hydrogens is 252 g/mol. The largest absolute Gasteiger partial charge is 0.394 e. The number of pyridine rings is 1. The van der Waals surface area contributed by atoms with Crippen LogP contribution in [0.5, 0.6) is 0 Å². The average Bonchev–Trinajstić information content (AvgIpc) is 2.46. The summed E-state index contributed by atoms with van der Waals surface area (Å²) in [5.41, 5.74) is -0.0439. The zero-order valence-corrected chi connectivity index (χ0v) is 10.6. The molecule has 8 nitrogen and oxygen atoms in total. The normalized spacial score (nSPS) is 19.3. The first-order valence-corrected chi connectivity index (χ1v) is 5.96. The summed E-state index contributed by atoms with van der Waals surface area (Å²) in [5, 5.41) is 23.0. The first kappa shape index (κ1) is 13.5. The van der Waals surface area contributed by atoms with E-state index in [2.05, 4.69) is 10.3 Å². The molecule has 0 aromatic carbocycles. The molecule has 1 aliphatic rings. The van der Waals surface area contributed by atoms with E-state index in [4.69, 9.17) is 9.84 Å². The molecule has 1 saturated heterocycles. The quantitative estimate of drug-likeness (QED) is 0.595. The van der Waals surface area contributed by atoms with Gasteiger partial charge < -0.3 is 20.1 Å². The number of nitro groups is 1. The SMILES string of the molecule is CNc1ccc([N+](=O)[O-])c(N2CCOC(CO)C2)n1. The summed E-state index contributed by atoms with van der Waals surface area (Å²) >= 11 is 0. The summed E-state index contributed by atoms with van der Waals surface area (Å²) in [6.07, 6.45) is -0.339. The van der Waals surface area contributed by atoms with E-state index in [1.807, 2.05) is 0 Å². The van der Waals surface area contributed by atoms with Crippen molar-refractivity contribution in [2.24, 2.45) is 0 Å². The van der Waals surface area contributed by atoms with Gasteiger partial charge in [-0.05, 0) is 6.07 Å². The van der Waals surface area contributed by atoms with Crippen LogP contribution in [0.15, 0.2) is 12.1 Å². The monoisotopic (exact) mass is 268 g/mol. The number of rotatable bonds is 4. The van der Waals surface area contributed by atoms with Gasteiger partial charge in [0, 0.05) is 26.2 Å². The average molecular weight is 268 g/mol. The molecule has 0 aliphatic carbocycles. The molecular formula is C11H16N4O4. The van der Waals surface area contributed by atoms with Crippen molar-refractivity contribution in [2.45, 2.75) is 6.10 Å². The van der Waals surface area contributed by atoms with Crippen LogP contribution in [0.2, 0.25) is 0 Å². The van der Waals surface area contributed by atoms with Gasteiger partial charge in [0.15, 0.2) is 0 Å². The molecule has 8 heteroatoms. The maximum Gasteiger partial charge on any atom is 0.311 e. The highest BCUT2D eigenvalue weighted by Crippen LogP contribution is 2.28. The van der Waals surface area contributed by atoms with Crippen molar-refractivity contribution in [3.05, 3.63) is 22.2 Å². The predicted octanol–water partition coefficient (Wildman–Crippen LogP) is 0.229. The number of aromatic nitrogens is 1. The molecule has 2 rings (SSSR count). The standard InChI is InChI=1S/C11H16N4O4/c1-12-10-3-2-9(15(17)18)11(13-10)14-4-5-19-8(6-14)7-16/h2-3,8,16H,4-7H2,1H3,(H,12,13). The Hall–Kier alpha value is -1.93. The van der Waals surface area contributed by atoms with Crippen molar-refractivity contribution in [1.82, 2.24) is 4.98 Å². The smallest absolute Gasteiger partial charge is 0.311 e. The van der Waals surface area contributed by atoms with Gasteiger partial charge >= 0.3 is 5.69 Å². The number of morpholine rings is 1. The fraction of sp³-hybridized carbons (Fsp3) is 0.545. The number of nitrogens with zero attached hydrogens (tertiary/aromatic N) is 3. The Morgan fingerprint density at radius 3 is 3.11 bits per heavy atom. The van der Waals surface area contributed by atoms with Crippen LogP contribution in [0.1, 0.15) is 0 Å². The van der Waals surface area contributed by atoms with Gasteiger partial charge in [-0.2, -0.15) is 0 Å². The van der Waals surface area contributed by atoms with Gasteiger partial charge in [-0.1, -0.05) is 0 Å². The molecule has 0 amide bonds. The minimum absolute atomic E-state index is 0.0439. The van der Waals surface area contributed by atoms with E-state index in [0.29, 0.717) is 31.3 Å². The third kappa shape index (κ3) is 2.91. The number of nitrogens with one attached hydrogen (secondary N) is 1. The van der Waals surface area contributed by atoms with E-state index in [0.717, 1.165) is 0 Å². The van der Waals surface area contributed by atoms with Crippen LogP contribution in [0.4, 0.5) is 17.3 Å². The van der Waals surface area contributed by atoms with Crippen LogP contribution in [0, 0.1) is 10.1 Å². The van der Waals surface area contributed by atoms with Gasteiger partial charge in [-0.15, -0.1) is 0 Å². The highest BCUT2D eigenvalue weighted by Gasteiger charge is 2.27. The lowest BCUT2D eigenvalue weighted by molar-refractivity contribution is -0.384. The van der Waals surface area contributed by atoms with Crippen LogP contribution in [0.3, 0.4) is 0 Å². The molecule has 0 spiro atoms. The van der Waals surface area contributed by atoms with Gasteiger partial charge in [0.25, 0.3) is 0 Å². The minimum atomic E-state index is -0.453. The summed E-state index contributed by atoms with van der Waals surface area (Å²) in [6.45, 7) is 1.19. The second kappa shape index (κ2) is 5.81.